The van der Waals surface area contributed by atoms with Gasteiger partial charge in [-0.25, -0.2) is 18.6 Å². The van der Waals surface area contributed by atoms with Crippen LogP contribution >= 0.6 is 23.5 Å². The van der Waals surface area contributed by atoms with Crippen molar-refractivity contribution in [3.63, 3.8) is 0 Å². The van der Waals surface area contributed by atoms with Crippen LogP contribution in [0.2, 0.25) is 0 Å². The number of rotatable bonds is 9. The molecule has 1 aromatic carbocycles. The van der Waals surface area contributed by atoms with Crippen LogP contribution in [0.3, 0.4) is 0 Å². The molecule has 0 bridgehead atoms. The standard InChI is InChI=1S/C17H21N4O13P3.3Na/c18-15-12-10(9-4-2-1-3-5-9)6-21(16(12)20-8-19-15)17-14(23)13(22)11(32-17)7-31-36(27,28)34-37(29,30)33-35(24,25)26;;;/h1-6,8,11,13-14,17,22-23H,7H2,(H,27,28)(H,29,30)(H2,18,19,20)(H2,24,25,26);;;/q;3*+1/p-3/t11-,13-,14-,17-;;;/m1.../s1. The molecule has 1 aliphatic heterocycles. The fourth-order valence-corrected chi connectivity index (χ4v) is 6.58. The number of nitrogens with zero attached hydrogens (tertiary/aromatic N) is 3. The number of fused-ring (bicyclic) bond motifs is 1. The zero-order valence-corrected chi connectivity index (χ0v) is 29.9. The summed E-state index contributed by atoms with van der Waals surface area (Å²) in [6.07, 6.45) is -3.56. The van der Waals surface area contributed by atoms with Gasteiger partial charge in [0.25, 0.3) is 23.5 Å². The number of nitrogen functional groups attached to an aromatic ring is 1. The summed E-state index contributed by atoms with van der Waals surface area (Å²) in [5.74, 6) is 0.120. The number of benzene rings is 1. The molecule has 2 aromatic heterocycles. The molecule has 1 fully saturated rings. The molecule has 1 aliphatic rings. The Morgan fingerprint density at radius 3 is 2.20 bits per heavy atom. The van der Waals surface area contributed by atoms with E-state index in [1.54, 1.807) is 30.3 Å². The number of aliphatic hydroxyl groups excluding tert-OH is 2. The Morgan fingerprint density at radius 1 is 0.975 bits per heavy atom. The molecule has 3 unspecified atom stereocenters. The number of anilines is 1. The molecule has 0 aliphatic carbocycles. The van der Waals surface area contributed by atoms with Gasteiger partial charge in [0.2, 0.25) is 0 Å². The van der Waals surface area contributed by atoms with Gasteiger partial charge in [-0.1, -0.05) is 30.3 Å². The van der Waals surface area contributed by atoms with Crippen molar-refractivity contribution in [3.8, 4) is 11.1 Å². The van der Waals surface area contributed by atoms with E-state index in [0.29, 0.717) is 10.9 Å². The maximum absolute atomic E-state index is 11.8. The van der Waals surface area contributed by atoms with Gasteiger partial charge in [-0.3, -0.25) is 13.7 Å². The molecule has 3 heterocycles. The fraction of sp³-hybridized carbons (Fsp3) is 0.294. The summed E-state index contributed by atoms with van der Waals surface area (Å²) in [4.78, 5) is 50.3. The van der Waals surface area contributed by atoms with E-state index in [1.165, 1.54) is 17.1 Å². The second-order valence-corrected chi connectivity index (χ2v) is 11.9. The first-order chi connectivity index (χ1) is 17.2. The molecular formula is C17H18N4Na3O13P3. The van der Waals surface area contributed by atoms with Crippen molar-refractivity contribution < 1.29 is 150 Å². The Hall–Kier alpha value is 0.930. The number of ether oxygens (including phenoxy) is 1. The van der Waals surface area contributed by atoms with Crippen molar-refractivity contribution in [2.75, 3.05) is 12.3 Å². The first kappa shape index (κ1) is 39.0. The van der Waals surface area contributed by atoms with Crippen molar-refractivity contribution in [2.24, 2.45) is 0 Å². The van der Waals surface area contributed by atoms with Crippen LogP contribution in [0.15, 0.2) is 42.9 Å². The minimum Gasteiger partial charge on any atom is -0.756 e. The predicted octanol–water partition coefficient (Wildman–Crippen LogP) is -10.2. The Morgan fingerprint density at radius 2 is 1.60 bits per heavy atom. The third kappa shape index (κ3) is 9.46. The number of hydrogen-bond acceptors (Lipinski definition) is 15. The van der Waals surface area contributed by atoms with E-state index in [2.05, 4.69) is 23.1 Å². The van der Waals surface area contributed by atoms with Gasteiger partial charge in [-0.2, -0.15) is 0 Å². The van der Waals surface area contributed by atoms with Crippen molar-refractivity contribution in [2.45, 2.75) is 24.5 Å². The number of phosphoric ester groups is 1. The second kappa shape index (κ2) is 15.3. The molecule has 7 atom stereocenters. The van der Waals surface area contributed by atoms with Crippen LogP contribution in [0.5, 0.6) is 0 Å². The van der Waals surface area contributed by atoms with Crippen molar-refractivity contribution >= 4 is 40.3 Å². The maximum atomic E-state index is 11.8. The molecule has 4 rings (SSSR count). The fourth-order valence-electron chi connectivity index (χ4n) is 3.69. The summed E-state index contributed by atoms with van der Waals surface area (Å²) in [7, 11) is -17.8. The summed E-state index contributed by atoms with van der Waals surface area (Å²) in [6.45, 7) is -1.06. The second-order valence-electron chi connectivity index (χ2n) is 7.64. The van der Waals surface area contributed by atoms with Crippen LogP contribution in [0.1, 0.15) is 6.23 Å². The summed E-state index contributed by atoms with van der Waals surface area (Å²) in [6, 6.07) is 8.93. The molecule has 1 saturated heterocycles. The minimum absolute atomic E-state index is 0. The molecule has 5 N–H and O–H groups in total. The third-order valence-electron chi connectivity index (χ3n) is 5.13. The summed E-state index contributed by atoms with van der Waals surface area (Å²) in [5.41, 5.74) is 7.56. The van der Waals surface area contributed by atoms with Crippen molar-refractivity contribution in [1.29, 1.82) is 0 Å². The van der Waals surface area contributed by atoms with Gasteiger partial charge in [0.1, 0.15) is 36.1 Å². The molecule has 40 heavy (non-hydrogen) atoms. The van der Waals surface area contributed by atoms with E-state index in [0.717, 1.165) is 5.56 Å². The predicted molar refractivity (Wildman–Crippen MR) is 116 cm³/mol. The maximum Gasteiger partial charge on any atom is 1.00 e. The van der Waals surface area contributed by atoms with Crippen LogP contribution in [0, 0.1) is 0 Å². The van der Waals surface area contributed by atoms with E-state index in [9.17, 15) is 38.6 Å². The van der Waals surface area contributed by atoms with Crippen LogP contribution < -0.4 is 109 Å². The SMILES string of the molecule is Nc1ncnc2c1c(-c1ccccc1)cn2[C@@H]1O[C@H](COP(=O)([O-])OP(=O)([O-])OP(=O)([O-])O)[C@@H](O)[C@H]1O.[Na+].[Na+].[Na+]. The number of aliphatic hydroxyl groups is 2. The summed E-state index contributed by atoms with van der Waals surface area (Å²) < 4.78 is 51.7. The van der Waals surface area contributed by atoms with E-state index in [-0.39, 0.29) is 100 Å². The molecule has 0 saturated carbocycles. The Kier molecular flexibility index (Phi) is 14.9. The van der Waals surface area contributed by atoms with Crippen molar-refractivity contribution in [1.82, 2.24) is 14.5 Å². The smallest absolute Gasteiger partial charge is 0.756 e. The summed E-state index contributed by atoms with van der Waals surface area (Å²) in [5, 5.41) is 21.5. The van der Waals surface area contributed by atoms with Gasteiger partial charge < -0.3 is 49.3 Å². The topological polar surface area (TPSA) is 275 Å². The molecule has 23 heteroatoms. The van der Waals surface area contributed by atoms with Gasteiger partial charge in [0.05, 0.1) is 12.0 Å². The first-order valence-corrected chi connectivity index (χ1v) is 14.5. The normalized spacial score (nSPS) is 24.9. The Bertz CT molecular complexity index is 1450. The minimum atomic E-state index is -6.10. The number of phosphoric acid groups is 3. The van der Waals surface area contributed by atoms with Gasteiger partial charge in [0, 0.05) is 11.8 Å². The molecule has 17 nitrogen and oxygen atoms in total. The van der Waals surface area contributed by atoms with Crippen LogP contribution in [-0.4, -0.2) is 54.6 Å². The average Bonchev–Trinajstić information content (AvgIpc) is 3.29. The average molecular weight is 648 g/mol. The number of hydrogen-bond donors (Lipinski definition) is 4. The Labute approximate surface area is 292 Å². The third-order valence-corrected chi connectivity index (χ3v) is 8.83. The number of nitrogens with two attached hydrogens (primary N) is 1. The van der Waals surface area contributed by atoms with Gasteiger partial charge in [-0.15, -0.1) is 0 Å². The van der Waals surface area contributed by atoms with Crippen molar-refractivity contribution in [3.05, 3.63) is 42.9 Å². The number of aromatic nitrogens is 3. The van der Waals surface area contributed by atoms with Crippen LogP contribution in [0.25, 0.3) is 22.2 Å². The van der Waals surface area contributed by atoms with E-state index in [4.69, 9.17) is 15.4 Å². The molecule has 0 radical (unpaired) electrons. The molecule has 0 spiro atoms. The van der Waals surface area contributed by atoms with Gasteiger partial charge >= 0.3 is 88.7 Å². The summed E-state index contributed by atoms with van der Waals surface area (Å²) >= 11 is 0. The molecular weight excluding hydrogens is 630 g/mol. The van der Waals surface area contributed by atoms with Crippen LogP contribution in [-0.2, 0) is 31.6 Å². The zero-order valence-electron chi connectivity index (χ0n) is 21.2. The van der Waals surface area contributed by atoms with Gasteiger partial charge in [-0.05, 0) is 5.56 Å². The van der Waals surface area contributed by atoms with Crippen LogP contribution in [0.4, 0.5) is 5.82 Å². The van der Waals surface area contributed by atoms with E-state index < -0.39 is 54.6 Å². The molecule has 3 aromatic rings. The first-order valence-electron chi connectivity index (χ1n) is 10.1. The monoisotopic (exact) mass is 648 g/mol. The largest absolute Gasteiger partial charge is 1.00 e. The molecule has 0 amide bonds. The Balaban J connectivity index is 0.00000267. The van der Waals surface area contributed by atoms with E-state index >= 15 is 0 Å². The van der Waals surface area contributed by atoms with E-state index in [1.807, 2.05) is 0 Å². The van der Waals surface area contributed by atoms with Gasteiger partial charge in [0.15, 0.2) is 6.23 Å². The quantitative estimate of drug-likeness (QED) is 0.124. The molecule has 202 valence electrons. The zero-order chi connectivity index (χ0) is 27.2.